The smallest absolute Gasteiger partial charge is 0.200 e. The zero-order valence-electron chi connectivity index (χ0n) is 10.7. The van der Waals surface area contributed by atoms with Gasteiger partial charge in [0.1, 0.15) is 0 Å². The Labute approximate surface area is 123 Å². The Hall–Kier alpha value is -1.85. The first-order valence-electron chi connectivity index (χ1n) is 5.84. The van der Waals surface area contributed by atoms with E-state index in [1.807, 2.05) is 6.92 Å². The van der Waals surface area contributed by atoms with Crippen molar-refractivity contribution >= 4 is 27.8 Å². The van der Waals surface area contributed by atoms with Crippen LogP contribution in [0.3, 0.4) is 0 Å². The van der Waals surface area contributed by atoms with Crippen LogP contribution < -0.4 is 4.83 Å². The average Bonchev–Trinajstić information content (AvgIpc) is 2.39. The first-order valence-corrected chi connectivity index (χ1v) is 7.70. The van der Waals surface area contributed by atoms with Crippen LogP contribution in [0.2, 0.25) is 5.02 Å². The largest absolute Gasteiger partial charge is 0.276 e. The van der Waals surface area contributed by atoms with Crippen molar-refractivity contribution in [1.29, 1.82) is 0 Å². The van der Waals surface area contributed by atoms with E-state index in [1.54, 1.807) is 36.4 Å². The summed E-state index contributed by atoms with van der Waals surface area (Å²) in [6, 6.07) is 13.5. The molecule has 6 heteroatoms. The molecule has 20 heavy (non-hydrogen) atoms. The van der Waals surface area contributed by atoms with Crippen LogP contribution >= 0.6 is 11.6 Å². The summed E-state index contributed by atoms with van der Waals surface area (Å²) in [4.78, 5) is 2.33. The molecule has 0 radical (unpaired) electrons. The van der Waals surface area contributed by atoms with Crippen molar-refractivity contribution < 1.29 is 8.42 Å². The quantitative estimate of drug-likeness (QED) is 0.697. The van der Waals surface area contributed by atoms with E-state index in [4.69, 9.17) is 11.6 Å². The molecule has 0 amide bonds. The van der Waals surface area contributed by atoms with Crippen LogP contribution in [0.25, 0.3) is 0 Å². The fourth-order valence-electron chi connectivity index (χ4n) is 1.53. The summed E-state index contributed by atoms with van der Waals surface area (Å²) in [6.07, 6.45) is 1.40. The Bertz CT molecular complexity index is 725. The van der Waals surface area contributed by atoms with Crippen molar-refractivity contribution in [3.8, 4) is 0 Å². The molecule has 0 aliphatic rings. The number of hydrogen-bond acceptors (Lipinski definition) is 3. The second-order valence-corrected chi connectivity index (χ2v) is 6.32. The average molecular weight is 309 g/mol. The second kappa shape index (κ2) is 6.07. The summed E-state index contributed by atoms with van der Waals surface area (Å²) in [5.74, 6) is 0. The number of rotatable bonds is 4. The maximum absolute atomic E-state index is 11.9. The van der Waals surface area contributed by atoms with Crippen LogP contribution in [0, 0.1) is 6.92 Å². The topological polar surface area (TPSA) is 58.5 Å². The van der Waals surface area contributed by atoms with Crippen LogP contribution in [0.5, 0.6) is 0 Å². The molecule has 0 unspecified atom stereocenters. The van der Waals surface area contributed by atoms with Gasteiger partial charge in [0.25, 0.3) is 10.0 Å². The fraction of sp³-hybridized carbons (Fsp3) is 0.0714. The van der Waals surface area contributed by atoms with Crippen LogP contribution in [-0.4, -0.2) is 14.6 Å². The van der Waals surface area contributed by atoms with Gasteiger partial charge in [-0.3, -0.25) is 0 Å². The normalized spacial score (nSPS) is 11.7. The lowest BCUT2D eigenvalue weighted by atomic mass is 10.2. The van der Waals surface area contributed by atoms with Gasteiger partial charge in [-0.2, -0.15) is 13.5 Å². The van der Waals surface area contributed by atoms with Crippen molar-refractivity contribution in [3.05, 3.63) is 64.7 Å². The van der Waals surface area contributed by atoms with Crippen molar-refractivity contribution in [1.82, 2.24) is 4.83 Å². The Kier molecular flexibility index (Phi) is 4.42. The molecule has 2 aromatic rings. The van der Waals surface area contributed by atoms with E-state index in [0.29, 0.717) is 10.6 Å². The highest BCUT2D eigenvalue weighted by Gasteiger charge is 2.11. The molecular weight excluding hydrogens is 296 g/mol. The molecule has 0 atom stereocenters. The van der Waals surface area contributed by atoms with E-state index < -0.39 is 10.0 Å². The fourth-order valence-corrected chi connectivity index (χ4v) is 2.52. The van der Waals surface area contributed by atoms with Crippen LogP contribution in [-0.2, 0) is 10.0 Å². The number of benzene rings is 2. The summed E-state index contributed by atoms with van der Waals surface area (Å²) in [6.45, 7) is 1.89. The number of nitrogens with one attached hydrogen (secondary N) is 1. The number of nitrogens with zero attached hydrogens (tertiary/aromatic N) is 1. The molecule has 0 saturated heterocycles. The van der Waals surface area contributed by atoms with E-state index in [0.717, 1.165) is 5.56 Å². The highest BCUT2D eigenvalue weighted by molar-refractivity contribution is 7.89. The third-order valence-corrected chi connectivity index (χ3v) is 4.04. The second-order valence-electron chi connectivity index (χ2n) is 4.22. The molecule has 0 saturated carbocycles. The molecule has 4 nitrogen and oxygen atoms in total. The minimum absolute atomic E-state index is 0.173. The van der Waals surface area contributed by atoms with E-state index in [1.165, 1.54) is 18.3 Å². The van der Waals surface area contributed by atoms with Crippen LogP contribution in [0.15, 0.2) is 58.5 Å². The first-order chi connectivity index (χ1) is 9.47. The lowest BCUT2D eigenvalue weighted by molar-refractivity contribution is 0.584. The van der Waals surface area contributed by atoms with Gasteiger partial charge in [0.15, 0.2) is 0 Å². The Morgan fingerprint density at radius 2 is 1.85 bits per heavy atom. The molecule has 2 aromatic carbocycles. The monoisotopic (exact) mass is 308 g/mol. The SMILES string of the molecule is Cc1ccc(S(=O)(=O)N/N=C/c2cccc(Cl)c2)cc1. The summed E-state index contributed by atoms with van der Waals surface area (Å²) in [7, 11) is -3.64. The van der Waals surface area contributed by atoms with Gasteiger partial charge in [0.05, 0.1) is 11.1 Å². The van der Waals surface area contributed by atoms with Gasteiger partial charge in [-0.05, 0) is 36.8 Å². The van der Waals surface area contributed by atoms with Gasteiger partial charge < -0.3 is 0 Å². The summed E-state index contributed by atoms with van der Waals surface area (Å²) in [5, 5.41) is 4.30. The zero-order chi connectivity index (χ0) is 14.6. The maximum atomic E-state index is 11.9. The highest BCUT2D eigenvalue weighted by atomic mass is 35.5. The lowest BCUT2D eigenvalue weighted by Gasteiger charge is -2.03. The first kappa shape index (κ1) is 14.6. The number of aryl methyl sites for hydroxylation is 1. The van der Waals surface area contributed by atoms with E-state index in [9.17, 15) is 8.42 Å². The highest BCUT2D eigenvalue weighted by Crippen LogP contribution is 2.10. The molecule has 0 aliphatic carbocycles. The molecule has 0 fully saturated rings. The predicted octanol–water partition coefficient (Wildman–Crippen LogP) is 2.96. The van der Waals surface area contributed by atoms with E-state index in [2.05, 4.69) is 9.93 Å². The number of hydrazone groups is 1. The van der Waals surface area contributed by atoms with Crippen molar-refractivity contribution in [2.24, 2.45) is 5.10 Å². The van der Waals surface area contributed by atoms with Crippen LogP contribution in [0.1, 0.15) is 11.1 Å². The number of hydrogen-bond donors (Lipinski definition) is 1. The van der Waals surface area contributed by atoms with Gasteiger partial charge in [0.2, 0.25) is 0 Å². The minimum Gasteiger partial charge on any atom is -0.200 e. The summed E-state index contributed by atoms with van der Waals surface area (Å²) in [5.41, 5.74) is 1.70. The molecular formula is C14H13ClN2O2S. The van der Waals surface area contributed by atoms with E-state index in [-0.39, 0.29) is 4.90 Å². The van der Waals surface area contributed by atoms with Gasteiger partial charge in [-0.25, -0.2) is 4.83 Å². The number of sulfonamides is 1. The zero-order valence-corrected chi connectivity index (χ0v) is 12.3. The Morgan fingerprint density at radius 3 is 2.50 bits per heavy atom. The molecule has 0 heterocycles. The Balaban J connectivity index is 2.11. The third-order valence-electron chi connectivity index (χ3n) is 2.57. The molecule has 2 rings (SSSR count). The maximum Gasteiger partial charge on any atom is 0.276 e. The molecule has 0 spiro atoms. The van der Waals surface area contributed by atoms with Crippen molar-refractivity contribution in [2.75, 3.05) is 0 Å². The van der Waals surface area contributed by atoms with E-state index >= 15 is 0 Å². The van der Waals surface area contributed by atoms with Crippen LogP contribution in [0.4, 0.5) is 0 Å². The van der Waals surface area contributed by atoms with Crippen molar-refractivity contribution in [3.63, 3.8) is 0 Å². The summed E-state index contributed by atoms with van der Waals surface area (Å²) < 4.78 is 23.9. The Morgan fingerprint density at radius 1 is 1.15 bits per heavy atom. The lowest BCUT2D eigenvalue weighted by Crippen LogP contribution is -2.18. The molecule has 0 aromatic heterocycles. The summed E-state index contributed by atoms with van der Waals surface area (Å²) >= 11 is 5.82. The van der Waals surface area contributed by atoms with Gasteiger partial charge in [-0.15, -0.1) is 0 Å². The molecule has 1 N–H and O–H groups in total. The molecule has 104 valence electrons. The van der Waals surface area contributed by atoms with Crippen molar-refractivity contribution in [2.45, 2.75) is 11.8 Å². The third kappa shape index (κ3) is 3.82. The molecule has 0 aliphatic heterocycles. The minimum atomic E-state index is -3.64. The van der Waals surface area contributed by atoms with Gasteiger partial charge in [0, 0.05) is 5.02 Å². The standard InChI is InChI=1S/C14H13ClN2O2S/c1-11-5-7-14(8-6-11)20(18,19)17-16-10-12-3-2-4-13(15)9-12/h2-10,17H,1H3/b16-10+. The number of halogens is 1. The molecule has 0 bridgehead atoms. The predicted molar refractivity (Wildman–Crippen MR) is 80.5 cm³/mol. The van der Waals surface area contributed by atoms with Gasteiger partial charge >= 0.3 is 0 Å². The van der Waals surface area contributed by atoms with Gasteiger partial charge in [-0.1, -0.05) is 41.4 Å².